The average Bonchev–Trinajstić information content (AvgIpc) is 2.83. The maximum atomic E-state index is 13.0. The number of anilines is 1. The Balaban J connectivity index is 1.75. The third kappa shape index (κ3) is 2.51. The smallest absolute Gasteiger partial charge is 0.395 e. The van der Waals surface area contributed by atoms with E-state index in [2.05, 4.69) is 19.9 Å². The molecule has 0 aliphatic carbocycles. The summed E-state index contributed by atoms with van der Waals surface area (Å²) in [6.45, 7) is 4.48. The summed E-state index contributed by atoms with van der Waals surface area (Å²) in [5.41, 5.74) is 3.76. The summed E-state index contributed by atoms with van der Waals surface area (Å²) in [6, 6.07) is 4.63. The Hall–Kier alpha value is -2.31. The molecule has 1 aromatic heterocycles. The maximum Gasteiger partial charge on any atom is 0.586 e. The fourth-order valence-corrected chi connectivity index (χ4v) is 2.32. The molecule has 0 bridgehead atoms. The van der Waals surface area contributed by atoms with Gasteiger partial charge in [-0.15, -0.1) is 8.78 Å². The zero-order valence-electron chi connectivity index (χ0n) is 11.9. The minimum absolute atomic E-state index is 0.0321. The second kappa shape index (κ2) is 4.61. The lowest BCUT2D eigenvalue weighted by molar-refractivity contribution is -0.286. The van der Waals surface area contributed by atoms with Crippen LogP contribution in [0.15, 0.2) is 18.2 Å². The van der Waals surface area contributed by atoms with Crippen molar-refractivity contribution < 1.29 is 18.3 Å². The Morgan fingerprint density at radius 3 is 2.62 bits per heavy atom. The number of hydrogen-bond acceptors (Lipinski definition) is 4. The van der Waals surface area contributed by atoms with Crippen LogP contribution in [0.5, 0.6) is 11.5 Å². The Morgan fingerprint density at radius 1 is 1.24 bits per heavy atom. The Kier molecular flexibility index (Phi) is 3.00. The molecule has 1 aliphatic heterocycles. The number of alkyl halides is 2. The standard InChI is InChI=1S/C14H15F2N3O2/c1-8-11(9(2)19(3)18-8)7-17-10-4-5-12-13(6-10)21-14(15,16)20-12/h4-6,17H,7H2,1-3H3. The van der Waals surface area contributed by atoms with E-state index < -0.39 is 6.29 Å². The van der Waals surface area contributed by atoms with E-state index in [4.69, 9.17) is 0 Å². The molecule has 0 saturated heterocycles. The predicted octanol–water partition coefficient (Wildman–Crippen LogP) is 2.97. The molecule has 112 valence electrons. The van der Waals surface area contributed by atoms with Gasteiger partial charge in [-0.3, -0.25) is 4.68 Å². The fourth-order valence-electron chi connectivity index (χ4n) is 2.32. The summed E-state index contributed by atoms with van der Waals surface area (Å²) in [5.74, 6) is 0.0731. The summed E-state index contributed by atoms with van der Waals surface area (Å²) in [4.78, 5) is 0. The van der Waals surface area contributed by atoms with E-state index in [1.54, 1.807) is 6.07 Å². The van der Waals surface area contributed by atoms with Crippen molar-refractivity contribution >= 4 is 5.69 Å². The molecule has 7 heteroatoms. The van der Waals surface area contributed by atoms with Crippen molar-refractivity contribution in [3.05, 3.63) is 35.2 Å². The maximum absolute atomic E-state index is 13.0. The van der Waals surface area contributed by atoms with Crippen molar-refractivity contribution in [2.75, 3.05) is 5.32 Å². The van der Waals surface area contributed by atoms with Crippen LogP contribution in [0.1, 0.15) is 17.0 Å². The van der Waals surface area contributed by atoms with Crippen LogP contribution in [0.3, 0.4) is 0 Å². The highest BCUT2D eigenvalue weighted by molar-refractivity contribution is 5.56. The van der Waals surface area contributed by atoms with Gasteiger partial charge in [-0.05, 0) is 26.0 Å². The first-order valence-electron chi connectivity index (χ1n) is 6.48. The van der Waals surface area contributed by atoms with Crippen LogP contribution in [0.2, 0.25) is 0 Å². The lowest BCUT2D eigenvalue weighted by atomic mass is 10.2. The van der Waals surface area contributed by atoms with Crippen LogP contribution in [0, 0.1) is 13.8 Å². The first kappa shape index (κ1) is 13.7. The Morgan fingerprint density at radius 2 is 1.95 bits per heavy atom. The van der Waals surface area contributed by atoms with Gasteiger partial charge < -0.3 is 14.8 Å². The number of halogens is 2. The highest BCUT2D eigenvalue weighted by Gasteiger charge is 2.43. The molecule has 1 aliphatic rings. The molecule has 2 aromatic rings. The van der Waals surface area contributed by atoms with Crippen molar-refractivity contribution in [2.45, 2.75) is 26.7 Å². The molecule has 5 nitrogen and oxygen atoms in total. The summed E-state index contributed by atoms with van der Waals surface area (Å²) < 4.78 is 36.5. The minimum Gasteiger partial charge on any atom is -0.395 e. The van der Waals surface area contributed by atoms with Gasteiger partial charge in [-0.1, -0.05) is 0 Å². The molecule has 0 amide bonds. The van der Waals surface area contributed by atoms with Gasteiger partial charge in [0.25, 0.3) is 0 Å². The van der Waals surface area contributed by atoms with Crippen molar-refractivity contribution in [3.8, 4) is 11.5 Å². The number of rotatable bonds is 3. The molecule has 1 N–H and O–H groups in total. The summed E-state index contributed by atoms with van der Waals surface area (Å²) in [6.07, 6.45) is -3.59. The van der Waals surface area contributed by atoms with Gasteiger partial charge in [0, 0.05) is 36.6 Å². The van der Waals surface area contributed by atoms with E-state index in [9.17, 15) is 8.78 Å². The average molecular weight is 295 g/mol. The number of aromatic nitrogens is 2. The highest BCUT2D eigenvalue weighted by atomic mass is 19.3. The van der Waals surface area contributed by atoms with E-state index in [1.807, 2.05) is 25.6 Å². The third-order valence-corrected chi connectivity index (χ3v) is 3.53. The molecule has 0 saturated carbocycles. The van der Waals surface area contributed by atoms with Crippen LogP contribution in [0.25, 0.3) is 0 Å². The molecule has 2 heterocycles. The van der Waals surface area contributed by atoms with Gasteiger partial charge in [0.1, 0.15) is 0 Å². The molecular weight excluding hydrogens is 280 g/mol. The number of fused-ring (bicyclic) bond motifs is 1. The second-order valence-corrected chi connectivity index (χ2v) is 4.96. The van der Waals surface area contributed by atoms with Gasteiger partial charge in [-0.25, -0.2) is 0 Å². The molecule has 0 unspecified atom stereocenters. The van der Waals surface area contributed by atoms with Gasteiger partial charge in [-0.2, -0.15) is 5.10 Å². The second-order valence-electron chi connectivity index (χ2n) is 4.96. The molecule has 1 aromatic carbocycles. The molecule has 0 radical (unpaired) electrons. The molecular formula is C14H15F2N3O2. The molecule has 3 rings (SSSR count). The number of nitrogens with zero attached hydrogens (tertiary/aromatic N) is 2. The quantitative estimate of drug-likeness (QED) is 0.945. The van der Waals surface area contributed by atoms with Crippen LogP contribution < -0.4 is 14.8 Å². The van der Waals surface area contributed by atoms with E-state index >= 15 is 0 Å². The number of benzene rings is 1. The van der Waals surface area contributed by atoms with Crippen LogP contribution in [0.4, 0.5) is 14.5 Å². The number of ether oxygens (including phenoxy) is 2. The predicted molar refractivity (Wildman–Crippen MR) is 72.7 cm³/mol. The third-order valence-electron chi connectivity index (χ3n) is 3.53. The van der Waals surface area contributed by atoms with Crippen LogP contribution >= 0.6 is 0 Å². The van der Waals surface area contributed by atoms with E-state index in [1.165, 1.54) is 12.1 Å². The molecule has 0 spiro atoms. The molecule has 21 heavy (non-hydrogen) atoms. The summed E-state index contributed by atoms with van der Waals surface area (Å²) in [5, 5.41) is 7.51. The zero-order chi connectivity index (χ0) is 15.2. The largest absolute Gasteiger partial charge is 0.586 e. The van der Waals surface area contributed by atoms with E-state index in [0.29, 0.717) is 12.2 Å². The summed E-state index contributed by atoms with van der Waals surface area (Å²) in [7, 11) is 1.88. The van der Waals surface area contributed by atoms with Crippen molar-refractivity contribution in [1.29, 1.82) is 0 Å². The monoisotopic (exact) mass is 295 g/mol. The van der Waals surface area contributed by atoms with Crippen molar-refractivity contribution in [3.63, 3.8) is 0 Å². The van der Waals surface area contributed by atoms with E-state index in [-0.39, 0.29) is 11.5 Å². The SMILES string of the molecule is Cc1nn(C)c(C)c1CNc1ccc2c(c1)OC(F)(F)O2. The molecule has 0 fully saturated rings. The van der Waals surface area contributed by atoms with Crippen molar-refractivity contribution in [2.24, 2.45) is 7.05 Å². The summed E-state index contributed by atoms with van der Waals surface area (Å²) >= 11 is 0. The topological polar surface area (TPSA) is 48.3 Å². The molecule has 0 atom stereocenters. The van der Waals surface area contributed by atoms with Crippen LogP contribution in [-0.4, -0.2) is 16.1 Å². The number of nitrogens with one attached hydrogen (secondary N) is 1. The van der Waals surface area contributed by atoms with Gasteiger partial charge in [0.2, 0.25) is 0 Å². The Labute approximate surface area is 120 Å². The van der Waals surface area contributed by atoms with Crippen molar-refractivity contribution in [1.82, 2.24) is 9.78 Å². The first-order chi connectivity index (χ1) is 9.85. The van der Waals surface area contributed by atoms with Gasteiger partial charge in [0.15, 0.2) is 11.5 Å². The lowest BCUT2D eigenvalue weighted by Crippen LogP contribution is -2.25. The number of aryl methyl sites for hydroxylation is 2. The van der Waals surface area contributed by atoms with Crippen LogP contribution in [-0.2, 0) is 13.6 Å². The van der Waals surface area contributed by atoms with Gasteiger partial charge in [0.05, 0.1) is 5.69 Å². The minimum atomic E-state index is -3.59. The fraction of sp³-hybridized carbons (Fsp3) is 0.357. The Bertz CT molecular complexity index is 698. The first-order valence-corrected chi connectivity index (χ1v) is 6.48. The zero-order valence-corrected chi connectivity index (χ0v) is 11.9. The number of hydrogen-bond donors (Lipinski definition) is 1. The normalized spacial score (nSPS) is 15.3. The van der Waals surface area contributed by atoms with E-state index in [0.717, 1.165) is 17.0 Å². The lowest BCUT2D eigenvalue weighted by Gasteiger charge is -2.07. The highest BCUT2D eigenvalue weighted by Crippen LogP contribution is 2.42. The van der Waals surface area contributed by atoms with Gasteiger partial charge >= 0.3 is 6.29 Å².